The zero-order valence-electron chi connectivity index (χ0n) is 20.9. The zero-order valence-corrected chi connectivity index (χ0v) is 20.9. The van der Waals surface area contributed by atoms with Gasteiger partial charge >= 0.3 is 0 Å². The van der Waals surface area contributed by atoms with Gasteiger partial charge in [0.15, 0.2) is 5.96 Å². The van der Waals surface area contributed by atoms with E-state index in [1.165, 1.54) is 0 Å². The van der Waals surface area contributed by atoms with Crippen molar-refractivity contribution in [2.75, 3.05) is 53.6 Å². The van der Waals surface area contributed by atoms with Gasteiger partial charge in [-0.15, -0.1) is 0 Å². The summed E-state index contributed by atoms with van der Waals surface area (Å²) in [4.78, 5) is 7.13. The van der Waals surface area contributed by atoms with E-state index in [1.54, 1.807) is 7.11 Å². The fourth-order valence-corrected chi connectivity index (χ4v) is 3.79. The fourth-order valence-electron chi connectivity index (χ4n) is 3.79. The Morgan fingerprint density at radius 1 is 1.25 bits per heavy atom. The molecule has 1 heterocycles. The van der Waals surface area contributed by atoms with Gasteiger partial charge in [0.1, 0.15) is 12.4 Å². The molecule has 2 rings (SSSR count). The van der Waals surface area contributed by atoms with Gasteiger partial charge < -0.3 is 24.8 Å². The highest BCUT2D eigenvalue weighted by Crippen LogP contribution is 2.21. The molecule has 2 N–H and O–H groups in total. The molecule has 1 aliphatic rings. The summed E-state index contributed by atoms with van der Waals surface area (Å²) >= 11 is 0. The first-order chi connectivity index (χ1) is 15.3. The number of methoxy groups -OCH3 is 1. The van der Waals surface area contributed by atoms with Crippen LogP contribution in [0.15, 0.2) is 29.3 Å². The molecule has 1 atom stereocenters. The highest BCUT2D eigenvalue weighted by Gasteiger charge is 2.24. The number of ether oxygens (including phenoxy) is 3. The molecule has 0 aliphatic carbocycles. The molecule has 0 radical (unpaired) electrons. The van der Waals surface area contributed by atoms with Crippen LogP contribution in [0.2, 0.25) is 0 Å². The van der Waals surface area contributed by atoms with E-state index in [0.717, 1.165) is 56.4 Å². The molecule has 0 amide bonds. The summed E-state index contributed by atoms with van der Waals surface area (Å²) in [5, 5.41) is 6.72. The van der Waals surface area contributed by atoms with Gasteiger partial charge in [-0.05, 0) is 49.9 Å². The average molecular weight is 449 g/mol. The van der Waals surface area contributed by atoms with Gasteiger partial charge in [0, 0.05) is 46.0 Å². The minimum atomic E-state index is 0.0591. The van der Waals surface area contributed by atoms with Crippen LogP contribution in [-0.2, 0) is 16.0 Å². The highest BCUT2D eigenvalue weighted by atomic mass is 16.5. The molecule has 7 heteroatoms. The monoisotopic (exact) mass is 448 g/mol. The van der Waals surface area contributed by atoms with Crippen molar-refractivity contribution in [3.05, 3.63) is 29.8 Å². The number of rotatable bonds is 11. The number of likely N-dealkylation sites (N-methyl/N-ethyl adjacent to an activating group) is 1. The Labute approximate surface area is 194 Å². The summed E-state index contributed by atoms with van der Waals surface area (Å²) in [6.45, 7) is 14.0. The molecule has 32 heavy (non-hydrogen) atoms. The van der Waals surface area contributed by atoms with E-state index >= 15 is 0 Å². The summed E-state index contributed by atoms with van der Waals surface area (Å²) in [5.41, 5.74) is 1.18. The number of benzene rings is 1. The third kappa shape index (κ3) is 9.35. The molecule has 1 aromatic rings. The summed E-state index contributed by atoms with van der Waals surface area (Å²) in [6.07, 6.45) is 2.31. The van der Waals surface area contributed by atoms with Crippen molar-refractivity contribution in [1.29, 1.82) is 0 Å². The summed E-state index contributed by atoms with van der Waals surface area (Å²) in [5.74, 6) is 1.69. The van der Waals surface area contributed by atoms with Crippen LogP contribution in [0.3, 0.4) is 0 Å². The zero-order chi connectivity index (χ0) is 23.4. The van der Waals surface area contributed by atoms with Crippen LogP contribution in [0.5, 0.6) is 5.75 Å². The van der Waals surface area contributed by atoms with E-state index in [2.05, 4.69) is 62.4 Å². The SMILES string of the molecule is CCNC(=NCc1cccc(OCCN(C)C2CCOCC2)c1)NCC(OC)C(C)(C)C. The predicted octanol–water partition coefficient (Wildman–Crippen LogP) is 3.29. The molecule has 1 aromatic carbocycles. The van der Waals surface area contributed by atoms with Gasteiger partial charge in [-0.1, -0.05) is 32.9 Å². The Hall–Kier alpha value is -1.83. The van der Waals surface area contributed by atoms with Crippen LogP contribution < -0.4 is 15.4 Å². The Kier molecular flexibility index (Phi) is 11.3. The Bertz CT molecular complexity index is 684. The number of hydrogen-bond acceptors (Lipinski definition) is 5. The number of nitrogens with zero attached hydrogens (tertiary/aromatic N) is 2. The molecule has 0 spiro atoms. The van der Waals surface area contributed by atoms with E-state index in [4.69, 9.17) is 19.2 Å². The lowest BCUT2D eigenvalue weighted by Gasteiger charge is -2.31. The van der Waals surface area contributed by atoms with Crippen LogP contribution in [0.25, 0.3) is 0 Å². The van der Waals surface area contributed by atoms with Gasteiger partial charge in [0.2, 0.25) is 0 Å². The van der Waals surface area contributed by atoms with Crippen LogP contribution in [0.1, 0.15) is 46.1 Å². The first kappa shape index (κ1) is 26.4. The normalized spacial score (nSPS) is 16.8. The van der Waals surface area contributed by atoms with Crippen LogP contribution >= 0.6 is 0 Å². The molecule has 7 nitrogen and oxygen atoms in total. The minimum Gasteiger partial charge on any atom is -0.492 e. The quantitative estimate of drug-likeness (QED) is 0.400. The minimum absolute atomic E-state index is 0.0591. The molecular formula is C25H44N4O3. The van der Waals surface area contributed by atoms with E-state index in [-0.39, 0.29) is 11.5 Å². The lowest BCUT2D eigenvalue weighted by molar-refractivity contribution is 0.0205. The third-order valence-electron chi connectivity index (χ3n) is 5.89. The smallest absolute Gasteiger partial charge is 0.191 e. The Morgan fingerprint density at radius 2 is 2.00 bits per heavy atom. The lowest BCUT2D eigenvalue weighted by Crippen LogP contribution is -2.45. The van der Waals surface area contributed by atoms with Gasteiger partial charge in [-0.2, -0.15) is 0 Å². The fraction of sp³-hybridized carbons (Fsp3) is 0.720. The first-order valence-electron chi connectivity index (χ1n) is 11.9. The number of nitrogens with one attached hydrogen (secondary N) is 2. The standard InChI is InChI=1S/C25H44N4O3/c1-7-26-24(28-19-23(30-6)25(2,3)4)27-18-20-9-8-10-22(17-20)32-16-13-29(5)21-11-14-31-15-12-21/h8-10,17,21,23H,7,11-16,18-19H2,1-6H3,(H2,26,27,28). The van der Waals surface area contributed by atoms with E-state index in [0.29, 0.717) is 25.7 Å². The molecule has 1 unspecified atom stereocenters. The van der Waals surface area contributed by atoms with Gasteiger partial charge in [-0.3, -0.25) is 4.90 Å². The van der Waals surface area contributed by atoms with Crippen LogP contribution in [0.4, 0.5) is 0 Å². The van der Waals surface area contributed by atoms with Gasteiger partial charge in [0.05, 0.1) is 12.6 Å². The molecule has 0 bridgehead atoms. The van der Waals surface area contributed by atoms with Crippen LogP contribution in [-0.4, -0.2) is 76.6 Å². The maximum Gasteiger partial charge on any atom is 0.191 e. The third-order valence-corrected chi connectivity index (χ3v) is 5.89. The van der Waals surface area contributed by atoms with Crippen molar-refractivity contribution in [3.63, 3.8) is 0 Å². The Balaban J connectivity index is 1.85. The molecule has 0 aromatic heterocycles. The number of guanidine groups is 1. The maximum atomic E-state index is 6.02. The Morgan fingerprint density at radius 3 is 2.66 bits per heavy atom. The lowest BCUT2D eigenvalue weighted by atomic mass is 9.89. The first-order valence-corrected chi connectivity index (χ1v) is 11.9. The van der Waals surface area contributed by atoms with Crippen molar-refractivity contribution in [2.45, 2.75) is 59.2 Å². The van der Waals surface area contributed by atoms with Crippen molar-refractivity contribution in [3.8, 4) is 5.75 Å². The highest BCUT2D eigenvalue weighted by molar-refractivity contribution is 5.79. The molecular weight excluding hydrogens is 404 g/mol. The second-order valence-electron chi connectivity index (χ2n) is 9.49. The molecule has 0 saturated carbocycles. The van der Waals surface area contributed by atoms with Gasteiger partial charge in [0.25, 0.3) is 0 Å². The van der Waals surface area contributed by atoms with Crippen molar-refractivity contribution >= 4 is 5.96 Å². The topological polar surface area (TPSA) is 67.4 Å². The second-order valence-corrected chi connectivity index (χ2v) is 9.49. The van der Waals surface area contributed by atoms with E-state index in [9.17, 15) is 0 Å². The number of hydrogen-bond donors (Lipinski definition) is 2. The maximum absolute atomic E-state index is 6.02. The number of aliphatic imine (C=N–C) groups is 1. The summed E-state index contributed by atoms with van der Waals surface area (Å²) in [7, 11) is 3.93. The molecule has 1 fully saturated rings. The molecule has 1 aliphatic heterocycles. The van der Waals surface area contributed by atoms with Crippen molar-refractivity contribution in [2.24, 2.45) is 10.4 Å². The second kappa shape index (κ2) is 13.7. The average Bonchev–Trinajstić information content (AvgIpc) is 2.77. The van der Waals surface area contributed by atoms with E-state index in [1.807, 2.05) is 12.1 Å². The van der Waals surface area contributed by atoms with Crippen molar-refractivity contribution in [1.82, 2.24) is 15.5 Å². The molecule has 182 valence electrons. The van der Waals surface area contributed by atoms with Crippen LogP contribution in [0, 0.1) is 5.41 Å². The summed E-state index contributed by atoms with van der Waals surface area (Å²) < 4.78 is 17.1. The largest absolute Gasteiger partial charge is 0.492 e. The van der Waals surface area contributed by atoms with Gasteiger partial charge in [-0.25, -0.2) is 4.99 Å². The predicted molar refractivity (Wildman–Crippen MR) is 131 cm³/mol. The van der Waals surface area contributed by atoms with Crippen molar-refractivity contribution < 1.29 is 14.2 Å². The molecule has 1 saturated heterocycles. The van der Waals surface area contributed by atoms with E-state index < -0.39 is 0 Å². The summed E-state index contributed by atoms with van der Waals surface area (Å²) in [6, 6.07) is 8.80.